The Morgan fingerprint density at radius 1 is 0.906 bits per heavy atom. The van der Waals surface area contributed by atoms with Gasteiger partial charge in [-0.3, -0.25) is 19.8 Å². The molecule has 32 heavy (non-hydrogen) atoms. The van der Waals surface area contributed by atoms with Gasteiger partial charge in [0.05, 0.1) is 22.0 Å². The molecular formula is C23H13N3O6. The number of phenols is 1. The highest BCUT2D eigenvalue weighted by Crippen LogP contribution is 2.27. The van der Waals surface area contributed by atoms with Crippen LogP contribution in [0.4, 0.5) is 0 Å². The normalized spacial score (nSPS) is 12.8. The average Bonchev–Trinajstić information content (AvgIpc) is 3.03. The van der Waals surface area contributed by atoms with Crippen LogP contribution in [-0.2, 0) is 0 Å². The summed E-state index contributed by atoms with van der Waals surface area (Å²) in [6.07, 6.45) is 0. The van der Waals surface area contributed by atoms with Crippen molar-refractivity contribution in [1.29, 1.82) is 0 Å². The number of rotatable bonds is 3. The highest BCUT2D eigenvalue weighted by atomic mass is 16.4. The lowest BCUT2D eigenvalue weighted by Gasteiger charge is -2.14. The van der Waals surface area contributed by atoms with Gasteiger partial charge in [-0.1, -0.05) is 12.1 Å². The van der Waals surface area contributed by atoms with Crippen LogP contribution in [0.1, 0.15) is 31.1 Å². The Morgan fingerprint density at radius 3 is 2.41 bits per heavy atom. The number of amides is 3. The van der Waals surface area contributed by atoms with Crippen molar-refractivity contribution in [2.45, 2.75) is 0 Å². The summed E-state index contributed by atoms with van der Waals surface area (Å²) < 4.78 is 5.29. The Balaban J connectivity index is 1.47. The molecule has 1 aliphatic rings. The second-order valence-electron chi connectivity index (χ2n) is 7.02. The molecule has 0 unspecified atom stereocenters. The van der Waals surface area contributed by atoms with E-state index < -0.39 is 23.3 Å². The topological polar surface area (TPSA) is 130 Å². The largest absolute Gasteiger partial charge is 0.508 e. The zero-order valence-electron chi connectivity index (χ0n) is 16.2. The minimum atomic E-state index is -0.734. The molecule has 0 bridgehead atoms. The smallest absolute Gasteiger partial charge is 0.347 e. The van der Waals surface area contributed by atoms with Crippen LogP contribution in [0.25, 0.3) is 22.4 Å². The fourth-order valence-electron chi connectivity index (χ4n) is 3.40. The van der Waals surface area contributed by atoms with Crippen LogP contribution >= 0.6 is 0 Å². The van der Waals surface area contributed by atoms with Crippen molar-refractivity contribution < 1.29 is 23.9 Å². The molecule has 0 atom stereocenters. The fraction of sp³-hybridized carbons (Fsp3) is 0. The molecule has 0 aliphatic carbocycles. The number of nitrogens with zero attached hydrogens (tertiary/aromatic N) is 2. The summed E-state index contributed by atoms with van der Waals surface area (Å²) >= 11 is 0. The van der Waals surface area contributed by atoms with Gasteiger partial charge < -0.3 is 9.52 Å². The minimum Gasteiger partial charge on any atom is -0.508 e. The van der Waals surface area contributed by atoms with Crippen LogP contribution < -0.4 is 11.1 Å². The number of hydrogen-bond acceptors (Lipinski definition) is 7. The number of nitrogens with one attached hydrogen (secondary N) is 1. The Labute approximate surface area is 179 Å². The lowest BCUT2D eigenvalue weighted by atomic mass is 10.1. The first kappa shape index (κ1) is 19.2. The first-order valence-corrected chi connectivity index (χ1v) is 9.45. The number of carbonyl (C=O) groups excluding carboxylic acids is 3. The third-order valence-electron chi connectivity index (χ3n) is 5.01. The van der Waals surface area contributed by atoms with Crippen LogP contribution in [0.15, 0.2) is 75.9 Å². The molecule has 5 rings (SSSR count). The molecule has 1 aromatic heterocycles. The van der Waals surface area contributed by atoms with Crippen molar-refractivity contribution in [1.82, 2.24) is 15.4 Å². The monoisotopic (exact) mass is 427 g/mol. The van der Waals surface area contributed by atoms with Gasteiger partial charge in [-0.25, -0.2) is 9.78 Å². The Bertz CT molecular complexity index is 1490. The summed E-state index contributed by atoms with van der Waals surface area (Å²) in [5.74, 6) is -2.15. The molecule has 0 fully saturated rings. The molecule has 9 heteroatoms. The molecule has 3 amide bonds. The van der Waals surface area contributed by atoms with E-state index in [9.17, 15) is 24.3 Å². The van der Waals surface area contributed by atoms with Gasteiger partial charge in [-0.15, -0.1) is 0 Å². The molecule has 1 aliphatic heterocycles. The fourth-order valence-corrected chi connectivity index (χ4v) is 3.40. The number of fused-ring (bicyclic) bond motifs is 2. The third-order valence-corrected chi connectivity index (χ3v) is 5.01. The van der Waals surface area contributed by atoms with Crippen molar-refractivity contribution in [3.05, 3.63) is 93.8 Å². The number of aromatic hydroxyl groups is 1. The van der Waals surface area contributed by atoms with E-state index in [1.165, 1.54) is 42.5 Å². The van der Waals surface area contributed by atoms with E-state index in [2.05, 4.69) is 10.4 Å². The second-order valence-corrected chi connectivity index (χ2v) is 7.02. The van der Waals surface area contributed by atoms with Crippen molar-refractivity contribution >= 4 is 28.6 Å². The molecule has 0 saturated carbocycles. The molecule has 0 radical (unpaired) electrons. The van der Waals surface area contributed by atoms with Gasteiger partial charge in [-0.2, -0.15) is 5.01 Å². The van der Waals surface area contributed by atoms with E-state index >= 15 is 0 Å². The van der Waals surface area contributed by atoms with Gasteiger partial charge in [0.25, 0.3) is 17.7 Å². The number of hydrogen-bond donors (Lipinski definition) is 2. The third kappa shape index (κ3) is 3.08. The summed E-state index contributed by atoms with van der Waals surface area (Å²) in [6.45, 7) is 0. The van der Waals surface area contributed by atoms with Crippen molar-refractivity contribution in [2.24, 2.45) is 0 Å². The maximum absolute atomic E-state index is 12.8. The second kappa shape index (κ2) is 7.17. The minimum absolute atomic E-state index is 0.00308. The lowest BCUT2D eigenvalue weighted by Crippen LogP contribution is -2.45. The van der Waals surface area contributed by atoms with E-state index in [1.54, 1.807) is 24.3 Å². The van der Waals surface area contributed by atoms with Gasteiger partial charge in [0, 0.05) is 11.1 Å². The molecule has 0 spiro atoms. The molecular weight excluding hydrogens is 414 g/mol. The highest BCUT2D eigenvalue weighted by Gasteiger charge is 2.37. The molecule has 156 valence electrons. The summed E-state index contributed by atoms with van der Waals surface area (Å²) in [5, 5.41) is 10.3. The van der Waals surface area contributed by atoms with E-state index in [1.807, 2.05) is 0 Å². The van der Waals surface area contributed by atoms with E-state index in [0.29, 0.717) is 21.5 Å². The van der Waals surface area contributed by atoms with Gasteiger partial charge in [0.2, 0.25) is 5.89 Å². The number of phenolic OH excluding ortho intramolecular Hbond substituents is 1. The van der Waals surface area contributed by atoms with Gasteiger partial charge in [-0.05, 0) is 54.6 Å². The molecule has 0 saturated heterocycles. The molecule has 3 aromatic carbocycles. The maximum Gasteiger partial charge on any atom is 0.347 e. The predicted molar refractivity (Wildman–Crippen MR) is 112 cm³/mol. The van der Waals surface area contributed by atoms with Gasteiger partial charge in [0.1, 0.15) is 5.75 Å². The Kier molecular flexibility index (Phi) is 4.30. The summed E-state index contributed by atoms with van der Waals surface area (Å²) in [5.41, 5.74) is 2.76. The van der Waals surface area contributed by atoms with Gasteiger partial charge in [0.15, 0.2) is 0 Å². The van der Waals surface area contributed by atoms with Crippen LogP contribution in [0.3, 0.4) is 0 Å². The number of carbonyl (C=O) groups is 3. The number of para-hydroxylation sites is 1. The molecule has 4 aromatic rings. The predicted octanol–water partition coefficient (Wildman–Crippen LogP) is 2.50. The van der Waals surface area contributed by atoms with Crippen LogP contribution in [0.2, 0.25) is 0 Å². The van der Waals surface area contributed by atoms with E-state index in [-0.39, 0.29) is 28.3 Å². The molecule has 9 nitrogen and oxygen atoms in total. The SMILES string of the molecule is O=C(NN1C(=O)c2ccc(-c3nc4ccccc4c(=O)o3)cc2C1=O)c1ccc(O)cc1. The van der Waals surface area contributed by atoms with Crippen LogP contribution in [0, 0.1) is 0 Å². The molecule has 2 N–H and O–H groups in total. The maximum atomic E-state index is 12.8. The van der Waals surface area contributed by atoms with Crippen LogP contribution in [-0.4, -0.2) is 32.8 Å². The number of aromatic nitrogens is 1. The average molecular weight is 427 g/mol. The van der Waals surface area contributed by atoms with Crippen molar-refractivity contribution in [3.8, 4) is 17.2 Å². The van der Waals surface area contributed by atoms with Crippen molar-refractivity contribution in [2.75, 3.05) is 0 Å². The quantitative estimate of drug-likeness (QED) is 0.481. The highest BCUT2D eigenvalue weighted by molar-refractivity contribution is 6.22. The first-order chi connectivity index (χ1) is 15.4. The summed E-state index contributed by atoms with van der Waals surface area (Å²) in [4.78, 5) is 54.5. The molecule has 2 heterocycles. The lowest BCUT2D eigenvalue weighted by molar-refractivity contribution is 0.0518. The summed E-state index contributed by atoms with van der Waals surface area (Å²) in [6, 6.07) is 16.3. The Hall–Kier alpha value is -4.79. The van der Waals surface area contributed by atoms with Crippen LogP contribution in [0.5, 0.6) is 5.75 Å². The van der Waals surface area contributed by atoms with Gasteiger partial charge >= 0.3 is 5.63 Å². The Morgan fingerprint density at radius 2 is 1.62 bits per heavy atom. The van der Waals surface area contributed by atoms with E-state index in [0.717, 1.165) is 0 Å². The van der Waals surface area contributed by atoms with E-state index in [4.69, 9.17) is 4.42 Å². The zero-order valence-corrected chi connectivity index (χ0v) is 16.2. The zero-order chi connectivity index (χ0) is 22.4. The number of imide groups is 1. The standard InChI is InChI=1S/C23H13N3O6/c27-14-8-5-12(6-9-14)19(28)25-26-21(29)15-10-7-13(11-17(15)22(26)30)20-24-18-4-2-1-3-16(18)23(31)32-20/h1-11,27H,(H,25,28). The van der Waals surface area contributed by atoms with Crippen molar-refractivity contribution in [3.63, 3.8) is 0 Å². The summed E-state index contributed by atoms with van der Waals surface area (Å²) in [7, 11) is 0. The first-order valence-electron chi connectivity index (χ1n) is 9.45. The number of benzene rings is 3. The number of hydrazine groups is 1.